The van der Waals surface area contributed by atoms with Crippen molar-refractivity contribution in [3.8, 4) is 0 Å². The van der Waals surface area contributed by atoms with Crippen molar-refractivity contribution in [1.82, 2.24) is 10.2 Å². The molecule has 0 saturated carbocycles. The number of hydrogen-bond donors (Lipinski definition) is 1. The van der Waals surface area contributed by atoms with Crippen molar-refractivity contribution in [3.05, 3.63) is 34.9 Å². The van der Waals surface area contributed by atoms with Gasteiger partial charge in [-0.05, 0) is 64.6 Å². The average molecular weight is 327 g/mol. The average Bonchev–Trinajstić information content (AvgIpc) is 2.53. The van der Waals surface area contributed by atoms with E-state index in [9.17, 15) is 0 Å². The molecule has 1 N–H and O–H groups in total. The van der Waals surface area contributed by atoms with Gasteiger partial charge in [-0.1, -0.05) is 37.6 Å². The number of likely N-dealkylation sites (N-methyl/N-ethyl adjacent to an activating group) is 1. The molecule has 3 nitrogen and oxygen atoms in total. The number of halogens is 1. The summed E-state index contributed by atoms with van der Waals surface area (Å²) in [6.45, 7) is 8.83. The van der Waals surface area contributed by atoms with Gasteiger partial charge in [0.05, 0.1) is 0 Å². The van der Waals surface area contributed by atoms with Crippen LogP contribution in [0.15, 0.2) is 24.3 Å². The van der Waals surface area contributed by atoms with E-state index in [-0.39, 0.29) is 5.41 Å². The molecule has 0 bridgehead atoms. The molecular formula is C18H31ClN2O. The monoisotopic (exact) mass is 326 g/mol. The van der Waals surface area contributed by atoms with Crippen molar-refractivity contribution >= 4 is 17.9 Å². The van der Waals surface area contributed by atoms with Crippen LogP contribution in [0.2, 0.25) is 5.02 Å². The van der Waals surface area contributed by atoms with E-state index in [2.05, 4.69) is 29.4 Å². The second-order valence-electron chi connectivity index (χ2n) is 5.36. The fourth-order valence-electron chi connectivity index (χ4n) is 2.76. The fourth-order valence-corrected chi connectivity index (χ4v) is 2.88. The smallest absolute Gasteiger partial charge is 0.116 e. The van der Waals surface area contributed by atoms with E-state index in [1.165, 1.54) is 38.4 Å². The van der Waals surface area contributed by atoms with Crippen molar-refractivity contribution in [2.75, 3.05) is 33.7 Å². The van der Waals surface area contributed by atoms with Crippen LogP contribution in [0.4, 0.5) is 0 Å². The first-order valence-corrected chi connectivity index (χ1v) is 8.45. The summed E-state index contributed by atoms with van der Waals surface area (Å²) in [6.07, 6.45) is 3.18. The fraction of sp³-hybridized carbons (Fsp3) is 0.611. The van der Waals surface area contributed by atoms with E-state index in [1.807, 2.05) is 33.0 Å². The molecule has 1 saturated heterocycles. The summed E-state index contributed by atoms with van der Waals surface area (Å²) in [5.41, 5.74) is 1.70. The number of carbonyl (C=O) groups excluding carboxylic acids is 1. The molecule has 0 atom stereocenters. The van der Waals surface area contributed by atoms with Crippen LogP contribution in [0.3, 0.4) is 0 Å². The molecule has 0 aromatic heterocycles. The topological polar surface area (TPSA) is 32.3 Å². The Morgan fingerprint density at radius 3 is 2.09 bits per heavy atom. The molecule has 1 aromatic carbocycles. The number of piperidine rings is 1. The minimum Gasteiger partial charge on any atom is -0.319 e. The van der Waals surface area contributed by atoms with Crippen molar-refractivity contribution in [2.45, 2.75) is 39.0 Å². The Labute approximate surface area is 141 Å². The molecule has 1 fully saturated rings. The maximum absolute atomic E-state index is 8.81. The molecule has 1 heterocycles. The maximum atomic E-state index is 8.81. The zero-order chi connectivity index (χ0) is 17.0. The third-order valence-corrected chi connectivity index (χ3v) is 4.17. The first-order chi connectivity index (χ1) is 10.6. The van der Waals surface area contributed by atoms with Crippen molar-refractivity contribution in [3.63, 3.8) is 0 Å². The number of aldehydes is 1. The molecule has 1 aliphatic heterocycles. The Hall–Kier alpha value is -0.900. The highest BCUT2D eigenvalue weighted by molar-refractivity contribution is 6.30. The molecule has 1 aliphatic rings. The van der Waals surface area contributed by atoms with Crippen molar-refractivity contribution < 1.29 is 4.79 Å². The SMILES string of the molecule is CC.CC=O.CNCC1(c2ccc(Cl)cc2)CCN(C)CC1. The number of nitrogens with one attached hydrogen (secondary N) is 1. The maximum Gasteiger partial charge on any atom is 0.116 e. The highest BCUT2D eigenvalue weighted by atomic mass is 35.5. The first kappa shape index (κ1) is 21.1. The van der Waals surface area contributed by atoms with Gasteiger partial charge in [0.2, 0.25) is 0 Å². The molecule has 0 spiro atoms. The van der Waals surface area contributed by atoms with E-state index < -0.39 is 0 Å². The summed E-state index contributed by atoms with van der Waals surface area (Å²) < 4.78 is 0. The van der Waals surface area contributed by atoms with Gasteiger partial charge in [0, 0.05) is 17.0 Å². The second kappa shape index (κ2) is 11.6. The summed E-state index contributed by atoms with van der Waals surface area (Å²) in [5.74, 6) is 0. The lowest BCUT2D eigenvalue weighted by Crippen LogP contribution is -2.46. The van der Waals surface area contributed by atoms with Crippen LogP contribution in [0.5, 0.6) is 0 Å². The zero-order valence-corrected chi connectivity index (χ0v) is 15.4. The number of likely N-dealkylation sites (tertiary alicyclic amines) is 1. The normalized spacial score (nSPS) is 16.6. The van der Waals surface area contributed by atoms with Gasteiger partial charge in [-0.2, -0.15) is 0 Å². The Morgan fingerprint density at radius 2 is 1.68 bits per heavy atom. The molecule has 2 rings (SSSR count). The van der Waals surface area contributed by atoms with E-state index in [0.717, 1.165) is 17.9 Å². The number of carbonyl (C=O) groups is 1. The Kier molecular flexibility index (Phi) is 11.2. The van der Waals surface area contributed by atoms with Gasteiger partial charge >= 0.3 is 0 Å². The summed E-state index contributed by atoms with van der Waals surface area (Å²) in [4.78, 5) is 11.2. The molecule has 4 heteroatoms. The lowest BCUT2D eigenvalue weighted by molar-refractivity contribution is -0.106. The summed E-state index contributed by atoms with van der Waals surface area (Å²) in [5, 5.41) is 4.18. The molecule has 0 amide bonds. The lowest BCUT2D eigenvalue weighted by Gasteiger charge is -2.41. The molecule has 0 unspecified atom stereocenters. The number of hydrogen-bond acceptors (Lipinski definition) is 3. The van der Waals surface area contributed by atoms with E-state index in [0.29, 0.717) is 0 Å². The Morgan fingerprint density at radius 1 is 1.23 bits per heavy atom. The molecule has 0 radical (unpaired) electrons. The molecule has 126 valence electrons. The van der Waals surface area contributed by atoms with Crippen LogP contribution in [-0.4, -0.2) is 44.9 Å². The zero-order valence-electron chi connectivity index (χ0n) is 14.7. The highest BCUT2D eigenvalue weighted by Crippen LogP contribution is 2.35. The van der Waals surface area contributed by atoms with E-state index >= 15 is 0 Å². The van der Waals surface area contributed by atoms with E-state index in [4.69, 9.17) is 16.4 Å². The Balaban J connectivity index is 0.000000789. The largest absolute Gasteiger partial charge is 0.319 e. The van der Waals surface area contributed by atoms with Crippen LogP contribution in [-0.2, 0) is 10.2 Å². The quantitative estimate of drug-likeness (QED) is 0.858. The van der Waals surface area contributed by atoms with Crippen LogP contribution in [0, 0.1) is 0 Å². The van der Waals surface area contributed by atoms with Gasteiger partial charge in [0.1, 0.15) is 6.29 Å². The predicted octanol–water partition coefficient (Wildman–Crippen LogP) is 3.75. The second-order valence-corrected chi connectivity index (χ2v) is 5.79. The predicted molar refractivity (Wildman–Crippen MR) is 96.9 cm³/mol. The minimum atomic E-state index is 0.284. The van der Waals surface area contributed by atoms with Crippen LogP contribution in [0.1, 0.15) is 39.2 Å². The van der Waals surface area contributed by atoms with Crippen molar-refractivity contribution in [1.29, 1.82) is 0 Å². The first-order valence-electron chi connectivity index (χ1n) is 8.07. The van der Waals surface area contributed by atoms with Crippen molar-refractivity contribution in [2.24, 2.45) is 0 Å². The number of rotatable bonds is 3. The Bertz CT molecular complexity index is 398. The van der Waals surface area contributed by atoms with Gasteiger partial charge in [-0.25, -0.2) is 0 Å². The third-order valence-electron chi connectivity index (χ3n) is 3.92. The molecule has 0 aliphatic carbocycles. The molecular weight excluding hydrogens is 296 g/mol. The molecule has 1 aromatic rings. The summed E-state index contributed by atoms with van der Waals surface area (Å²) >= 11 is 5.97. The van der Waals surface area contributed by atoms with Crippen LogP contribution in [0.25, 0.3) is 0 Å². The minimum absolute atomic E-state index is 0.284. The lowest BCUT2D eigenvalue weighted by atomic mass is 9.73. The van der Waals surface area contributed by atoms with Crippen LogP contribution >= 0.6 is 11.6 Å². The van der Waals surface area contributed by atoms with Gasteiger partial charge in [0.25, 0.3) is 0 Å². The third kappa shape index (κ3) is 6.47. The molecule has 22 heavy (non-hydrogen) atoms. The highest BCUT2D eigenvalue weighted by Gasteiger charge is 2.34. The summed E-state index contributed by atoms with van der Waals surface area (Å²) in [6, 6.07) is 8.38. The summed E-state index contributed by atoms with van der Waals surface area (Å²) in [7, 11) is 4.24. The van der Waals surface area contributed by atoms with Gasteiger partial charge in [-0.15, -0.1) is 0 Å². The van der Waals surface area contributed by atoms with Gasteiger partial charge in [-0.3, -0.25) is 0 Å². The number of benzene rings is 1. The van der Waals surface area contributed by atoms with Gasteiger partial charge in [0.15, 0.2) is 0 Å². The van der Waals surface area contributed by atoms with Crippen LogP contribution < -0.4 is 5.32 Å². The number of nitrogens with zero attached hydrogens (tertiary/aromatic N) is 1. The van der Waals surface area contributed by atoms with Gasteiger partial charge < -0.3 is 15.0 Å². The standard InChI is InChI=1S/C14H21ClN2.C2H4O.C2H6/c1-16-11-14(7-9-17(2)10-8-14)12-3-5-13(15)6-4-12;1-2-3;1-2/h3-6,16H,7-11H2,1-2H3;2H,1H3;1-2H3. The van der Waals surface area contributed by atoms with E-state index in [1.54, 1.807) is 0 Å².